The van der Waals surface area contributed by atoms with Crippen LogP contribution in [0.3, 0.4) is 0 Å². The molecule has 3 rings (SSSR count). The minimum absolute atomic E-state index is 0.567. The van der Waals surface area contributed by atoms with Gasteiger partial charge in [0.15, 0.2) is 0 Å². The number of aromatic nitrogens is 2. The predicted molar refractivity (Wildman–Crippen MR) is 83.6 cm³/mol. The predicted octanol–water partition coefficient (Wildman–Crippen LogP) is 4.20. The molecular formula is C17H23N3. The molecule has 0 bridgehead atoms. The van der Waals surface area contributed by atoms with E-state index in [-0.39, 0.29) is 0 Å². The summed E-state index contributed by atoms with van der Waals surface area (Å²) in [5.74, 6) is 1.94. The minimum Gasteiger partial charge on any atom is -0.384 e. The number of anilines is 1. The Balaban J connectivity index is 1.94. The van der Waals surface area contributed by atoms with Gasteiger partial charge < -0.3 is 10.3 Å². The molecule has 0 saturated heterocycles. The summed E-state index contributed by atoms with van der Waals surface area (Å²) < 4.78 is 2.26. The van der Waals surface area contributed by atoms with Crippen molar-refractivity contribution >= 4 is 5.82 Å². The average Bonchev–Trinajstić information content (AvgIpc) is 3.26. The maximum atomic E-state index is 6.37. The van der Waals surface area contributed by atoms with Crippen molar-refractivity contribution in [2.24, 2.45) is 0 Å². The van der Waals surface area contributed by atoms with Gasteiger partial charge in [0.2, 0.25) is 0 Å². The van der Waals surface area contributed by atoms with Gasteiger partial charge in [-0.3, -0.25) is 0 Å². The second-order valence-corrected chi connectivity index (χ2v) is 5.69. The zero-order chi connectivity index (χ0) is 13.9. The van der Waals surface area contributed by atoms with Crippen molar-refractivity contribution in [1.82, 2.24) is 9.55 Å². The van der Waals surface area contributed by atoms with Crippen molar-refractivity contribution in [3.63, 3.8) is 0 Å². The van der Waals surface area contributed by atoms with E-state index in [2.05, 4.69) is 35.8 Å². The Labute approximate surface area is 120 Å². The highest BCUT2D eigenvalue weighted by atomic mass is 15.2. The van der Waals surface area contributed by atoms with Crippen LogP contribution in [0, 0.1) is 0 Å². The van der Waals surface area contributed by atoms with E-state index in [0.29, 0.717) is 6.04 Å². The summed E-state index contributed by atoms with van der Waals surface area (Å²) in [5, 5.41) is 0. The topological polar surface area (TPSA) is 43.8 Å². The summed E-state index contributed by atoms with van der Waals surface area (Å²) in [7, 11) is 0. The molecule has 1 aliphatic rings. The van der Waals surface area contributed by atoms with Crippen molar-refractivity contribution < 1.29 is 0 Å². The fourth-order valence-electron chi connectivity index (χ4n) is 2.71. The monoisotopic (exact) mass is 269 g/mol. The van der Waals surface area contributed by atoms with Crippen LogP contribution in [0.5, 0.6) is 0 Å². The molecule has 1 aliphatic carbocycles. The summed E-state index contributed by atoms with van der Waals surface area (Å²) in [4.78, 5) is 4.85. The highest BCUT2D eigenvalue weighted by Crippen LogP contribution is 2.41. The van der Waals surface area contributed by atoms with Crippen LogP contribution in [0.25, 0.3) is 11.4 Å². The lowest BCUT2D eigenvalue weighted by Gasteiger charge is -2.08. The van der Waals surface area contributed by atoms with Crippen molar-refractivity contribution in [2.75, 3.05) is 5.73 Å². The largest absolute Gasteiger partial charge is 0.384 e. The lowest BCUT2D eigenvalue weighted by molar-refractivity contribution is 0.709. The van der Waals surface area contributed by atoms with Gasteiger partial charge in [0.1, 0.15) is 11.6 Å². The van der Waals surface area contributed by atoms with E-state index in [1.54, 1.807) is 0 Å². The molecule has 0 aliphatic heterocycles. The van der Waals surface area contributed by atoms with Crippen LogP contribution in [0.1, 0.15) is 50.8 Å². The van der Waals surface area contributed by atoms with Crippen LogP contribution < -0.4 is 5.73 Å². The Kier molecular flexibility index (Phi) is 3.77. The molecule has 106 valence electrons. The number of unbranched alkanes of at least 4 members (excludes halogenated alkanes) is 2. The fraction of sp³-hybridized carbons (Fsp3) is 0.471. The number of nitrogens with two attached hydrogens (primary N) is 1. The zero-order valence-electron chi connectivity index (χ0n) is 12.2. The van der Waals surface area contributed by atoms with Gasteiger partial charge in [-0.15, -0.1) is 0 Å². The Morgan fingerprint density at radius 3 is 2.60 bits per heavy atom. The normalized spacial score (nSPS) is 14.7. The molecule has 0 spiro atoms. The second-order valence-electron chi connectivity index (χ2n) is 5.69. The molecule has 3 heteroatoms. The summed E-state index contributed by atoms with van der Waals surface area (Å²) in [5.41, 5.74) is 8.63. The van der Waals surface area contributed by atoms with Crippen molar-refractivity contribution in [3.8, 4) is 11.4 Å². The third kappa shape index (κ3) is 2.58. The second kappa shape index (κ2) is 5.70. The first-order valence-corrected chi connectivity index (χ1v) is 7.73. The van der Waals surface area contributed by atoms with Crippen LogP contribution >= 0.6 is 0 Å². The van der Waals surface area contributed by atoms with Gasteiger partial charge >= 0.3 is 0 Å². The van der Waals surface area contributed by atoms with E-state index < -0.39 is 0 Å². The molecule has 20 heavy (non-hydrogen) atoms. The molecule has 1 heterocycles. The number of imidazole rings is 1. The quantitative estimate of drug-likeness (QED) is 0.799. The minimum atomic E-state index is 0.567. The smallest absolute Gasteiger partial charge is 0.142 e. The van der Waals surface area contributed by atoms with Gasteiger partial charge in [-0.2, -0.15) is 0 Å². The highest BCUT2D eigenvalue weighted by molar-refractivity contribution is 5.61. The number of nitrogen functional groups attached to an aromatic ring is 1. The average molecular weight is 269 g/mol. The van der Waals surface area contributed by atoms with Gasteiger partial charge in [0.25, 0.3) is 0 Å². The van der Waals surface area contributed by atoms with Crippen molar-refractivity contribution in [3.05, 3.63) is 36.0 Å². The highest BCUT2D eigenvalue weighted by Gasteiger charge is 2.29. The Hall–Kier alpha value is -1.77. The molecule has 1 aromatic heterocycles. The van der Waals surface area contributed by atoms with Gasteiger partial charge in [-0.05, 0) is 25.7 Å². The van der Waals surface area contributed by atoms with E-state index in [1.807, 2.05) is 6.07 Å². The van der Waals surface area contributed by atoms with Gasteiger partial charge in [0.05, 0.1) is 5.69 Å². The molecule has 3 nitrogen and oxygen atoms in total. The molecular weight excluding hydrogens is 246 g/mol. The van der Waals surface area contributed by atoms with E-state index in [9.17, 15) is 0 Å². The Morgan fingerprint density at radius 1 is 1.20 bits per heavy atom. The number of rotatable bonds is 6. The molecule has 1 fully saturated rings. The van der Waals surface area contributed by atoms with Crippen LogP contribution in [-0.2, 0) is 6.42 Å². The van der Waals surface area contributed by atoms with Crippen LogP contribution in [0.2, 0.25) is 0 Å². The molecule has 2 aromatic rings. The molecule has 2 N–H and O–H groups in total. The van der Waals surface area contributed by atoms with Gasteiger partial charge in [0, 0.05) is 11.6 Å². The molecule has 1 aromatic carbocycles. The maximum absolute atomic E-state index is 6.37. The number of hydrogen-bond donors (Lipinski definition) is 1. The molecule has 0 radical (unpaired) electrons. The first kappa shape index (κ1) is 13.2. The Bertz CT molecular complexity index is 567. The fourth-order valence-corrected chi connectivity index (χ4v) is 2.71. The third-order valence-electron chi connectivity index (χ3n) is 3.99. The molecule has 0 atom stereocenters. The third-order valence-corrected chi connectivity index (χ3v) is 3.99. The summed E-state index contributed by atoms with van der Waals surface area (Å²) in [6.07, 6.45) is 7.12. The standard InChI is InChI=1S/C17H23N3/c1-2-3-5-10-15-16(18)20(14-11-12-14)17(19-15)13-8-6-4-7-9-13/h4,6-9,14H,2-3,5,10-12,18H2,1H3. The zero-order valence-corrected chi connectivity index (χ0v) is 12.2. The maximum Gasteiger partial charge on any atom is 0.142 e. The van der Waals surface area contributed by atoms with E-state index in [1.165, 1.54) is 37.7 Å². The lowest BCUT2D eigenvalue weighted by Crippen LogP contribution is -2.03. The SMILES string of the molecule is CCCCCc1nc(-c2ccccc2)n(C2CC2)c1N. The molecule has 0 amide bonds. The molecule has 0 unspecified atom stereocenters. The Morgan fingerprint density at radius 2 is 1.95 bits per heavy atom. The number of hydrogen-bond acceptors (Lipinski definition) is 2. The lowest BCUT2D eigenvalue weighted by atomic mass is 10.1. The van der Waals surface area contributed by atoms with E-state index in [4.69, 9.17) is 10.7 Å². The van der Waals surface area contributed by atoms with Crippen LogP contribution in [0.15, 0.2) is 30.3 Å². The van der Waals surface area contributed by atoms with Crippen LogP contribution in [0.4, 0.5) is 5.82 Å². The summed E-state index contributed by atoms with van der Waals surface area (Å²) in [6, 6.07) is 11.0. The number of nitrogens with zero attached hydrogens (tertiary/aromatic N) is 2. The number of benzene rings is 1. The van der Waals surface area contributed by atoms with E-state index >= 15 is 0 Å². The van der Waals surface area contributed by atoms with Crippen molar-refractivity contribution in [2.45, 2.75) is 51.5 Å². The van der Waals surface area contributed by atoms with Crippen LogP contribution in [-0.4, -0.2) is 9.55 Å². The van der Waals surface area contributed by atoms with Gasteiger partial charge in [-0.25, -0.2) is 4.98 Å². The van der Waals surface area contributed by atoms with Gasteiger partial charge in [-0.1, -0.05) is 50.1 Å². The van der Waals surface area contributed by atoms with E-state index in [0.717, 1.165) is 23.8 Å². The first-order chi connectivity index (χ1) is 9.81. The first-order valence-electron chi connectivity index (χ1n) is 7.73. The number of aryl methyl sites for hydroxylation is 1. The summed E-state index contributed by atoms with van der Waals surface area (Å²) >= 11 is 0. The summed E-state index contributed by atoms with van der Waals surface area (Å²) in [6.45, 7) is 2.22. The van der Waals surface area contributed by atoms with Crippen molar-refractivity contribution in [1.29, 1.82) is 0 Å². The molecule has 1 saturated carbocycles.